The van der Waals surface area contributed by atoms with Crippen molar-refractivity contribution >= 4 is 17.2 Å². The number of nitrogens with zero attached hydrogens (tertiary/aromatic N) is 3. The van der Waals surface area contributed by atoms with Gasteiger partial charge in [-0.05, 0) is 12.8 Å². The minimum absolute atomic E-state index is 0.00102. The minimum atomic E-state index is -0.00102. The third-order valence-electron chi connectivity index (χ3n) is 4.39. The van der Waals surface area contributed by atoms with Crippen molar-refractivity contribution in [2.24, 2.45) is 0 Å². The van der Waals surface area contributed by atoms with E-state index in [2.05, 4.69) is 9.88 Å². The first-order valence-electron chi connectivity index (χ1n) is 7.71. The molecule has 1 aliphatic heterocycles. The van der Waals surface area contributed by atoms with Crippen molar-refractivity contribution in [1.82, 2.24) is 14.8 Å². The molecular formula is C15H23N3O3S. The van der Waals surface area contributed by atoms with E-state index < -0.39 is 0 Å². The molecule has 2 fully saturated rings. The molecule has 7 heteroatoms. The number of carbonyl (C=O) groups is 1. The fraction of sp³-hybridized carbons (Fsp3) is 0.733. The second-order valence-corrected chi connectivity index (χ2v) is 6.99. The van der Waals surface area contributed by atoms with Crippen LogP contribution < -0.4 is 0 Å². The van der Waals surface area contributed by atoms with Crippen LogP contribution in [0.1, 0.15) is 17.8 Å². The van der Waals surface area contributed by atoms with Crippen LogP contribution >= 0.6 is 11.3 Å². The van der Waals surface area contributed by atoms with Crippen LogP contribution in [0.2, 0.25) is 0 Å². The monoisotopic (exact) mass is 325 g/mol. The Morgan fingerprint density at radius 3 is 3.14 bits per heavy atom. The average Bonchev–Trinajstić information content (AvgIpc) is 3.14. The van der Waals surface area contributed by atoms with Crippen LogP contribution in [0.15, 0.2) is 11.6 Å². The lowest BCUT2D eigenvalue weighted by molar-refractivity contribution is -0.144. The van der Waals surface area contributed by atoms with Gasteiger partial charge in [0.25, 0.3) is 0 Å². The summed E-state index contributed by atoms with van der Waals surface area (Å²) in [4.78, 5) is 20.1. The first-order chi connectivity index (χ1) is 10.6. The van der Waals surface area contributed by atoms with E-state index >= 15 is 0 Å². The largest absolute Gasteiger partial charge is 0.373 e. The zero-order valence-corrected chi connectivity index (χ0v) is 13.9. The standard InChI is InChI=1S/C15H23N3O3S/c1-17(2)14(19)10-21-12-4-3-11-15(12)20-7-6-18(11)9-13-16-5-8-22-13/h5,8,11-12,15H,3-4,6-7,9-10H2,1-2H3/t11-,12+,15+/m0/s1. The summed E-state index contributed by atoms with van der Waals surface area (Å²) in [5, 5.41) is 3.16. The Balaban J connectivity index is 1.57. The number of ether oxygens (including phenoxy) is 2. The molecule has 2 heterocycles. The molecule has 0 N–H and O–H groups in total. The number of carbonyl (C=O) groups excluding carboxylic acids is 1. The lowest BCUT2D eigenvalue weighted by Gasteiger charge is -2.38. The number of amides is 1. The molecule has 0 bridgehead atoms. The zero-order chi connectivity index (χ0) is 15.5. The molecular weight excluding hydrogens is 302 g/mol. The van der Waals surface area contributed by atoms with Crippen LogP contribution in [0.25, 0.3) is 0 Å². The van der Waals surface area contributed by atoms with Gasteiger partial charge in [0.2, 0.25) is 5.91 Å². The molecule has 2 aliphatic rings. The topological polar surface area (TPSA) is 54.9 Å². The minimum Gasteiger partial charge on any atom is -0.373 e. The van der Waals surface area contributed by atoms with Gasteiger partial charge in [-0.25, -0.2) is 4.98 Å². The summed E-state index contributed by atoms with van der Waals surface area (Å²) in [6, 6.07) is 0.372. The summed E-state index contributed by atoms with van der Waals surface area (Å²) in [6.07, 6.45) is 3.95. The number of hydrogen-bond donors (Lipinski definition) is 0. The van der Waals surface area contributed by atoms with Gasteiger partial charge < -0.3 is 14.4 Å². The Bertz CT molecular complexity index is 494. The van der Waals surface area contributed by atoms with Crippen LogP contribution in [0.3, 0.4) is 0 Å². The number of rotatable bonds is 5. The molecule has 1 aromatic heterocycles. The fourth-order valence-electron chi connectivity index (χ4n) is 3.18. The Labute approximate surface area is 135 Å². The van der Waals surface area contributed by atoms with Crippen molar-refractivity contribution in [3.63, 3.8) is 0 Å². The van der Waals surface area contributed by atoms with E-state index in [1.54, 1.807) is 30.3 Å². The maximum atomic E-state index is 11.7. The summed E-state index contributed by atoms with van der Waals surface area (Å²) in [7, 11) is 3.49. The van der Waals surface area contributed by atoms with Gasteiger partial charge in [-0.1, -0.05) is 0 Å². The second kappa shape index (κ2) is 7.04. The van der Waals surface area contributed by atoms with Gasteiger partial charge in [0, 0.05) is 38.3 Å². The third kappa shape index (κ3) is 3.48. The highest BCUT2D eigenvalue weighted by Crippen LogP contribution is 2.33. The summed E-state index contributed by atoms with van der Waals surface area (Å²) in [5.41, 5.74) is 0. The van der Waals surface area contributed by atoms with Crippen LogP contribution in [0.4, 0.5) is 0 Å². The average molecular weight is 325 g/mol. The molecule has 0 spiro atoms. The van der Waals surface area contributed by atoms with Gasteiger partial charge in [0.05, 0.1) is 25.4 Å². The number of hydrogen-bond acceptors (Lipinski definition) is 6. The van der Waals surface area contributed by atoms with Crippen LogP contribution in [0.5, 0.6) is 0 Å². The maximum Gasteiger partial charge on any atom is 0.248 e. The Hall–Kier alpha value is -1.02. The number of likely N-dealkylation sites (N-methyl/N-ethyl adjacent to an activating group) is 1. The quantitative estimate of drug-likeness (QED) is 0.808. The summed E-state index contributed by atoms with van der Waals surface area (Å²) in [6.45, 7) is 2.67. The van der Waals surface area contributed by atoms with Gasteiger partial charge in [0.1, 0.15) is 11.6 Å². The molecule has 0 unspecified atom stereocenters. The van der Waals surface area contributed by atoms with E-state index in [9.17, 15) is 4.79 Å². The van der Waals surface area contributed by atoms with Crippen molar-refractivity contribution in [2.45, 2.75) is 37.6 Å². The highest BCUT2D eigenvalue weighted by molar-refractivity contribution is 7.09. The van der Waals surface area contributed by atoms with Gasteiger partial charge in [-0.15, -0.1) is 11.3 Å². The summed E-state index contributed by atoms with van der Waals surface area (Å²) in [5.74, 6) is -0.00102. The molecule has 0 radical (unpaired) electrons. The van der Waals surface area contributed by atoms with E-state index in [1.165, 1.54) is 0 Å². The number of thiazole rings is 1. The maximum absolute atomic E-state index is 11.7. The zero-order valence-electron chi connectivity index (χ0n) is 13.1. The molecule has 1 aromatic rings. The van der Waals surface area contributed by atoms with E-state index in [1.807, 2.05) is 11.6 Å². The second-order valence-electron chi connectivity index (χ2n) is 6.01. The molecule has 1 saturated carbocycles. The molecule has 122 valence electrons. The number of fused-ring (bicyclic) bond motifs is 1. The van der Waals surface area contributed by atoms with Gasteiger partial charge in [0.15, 0.2) is 0 Å². The molecule has 1 saturated heterocycles. The Kier molecular flexibility index (Phi) is 5.07. The van der Waals surface area contributed by atoms with Crippen LogP contribution in [-0.4, -0.2) is 72.8 Å². The first kappa shape index (κ1) is 15.9. The van der Waals surface area contributed by atoms with Gasteiger partial charge in [-0.2, -0.15) is 0 Å². The lowest BCUT2D eigenvalue weighted by Crippen LogP contribution is -2.51. The predicted octanol–water partition coefficient (Wildman–Crippen LogP) is 0.980. The predicted molar refractivity (Wildman–Crippen MR) is 83.7 cm³/mol. The number of morpholine rings is 1. The Morgan fingerprint density at radius 2 is 2.41 bits per heavy atom. The first-order valence-corrected chi connectivity index (χ1v) is 8.59. The summed E-state index contributed by atoms with van der Waals surface area (Å²) >= 11 is 1.69. The smallest absolute Gasteiger partial charge is 0.248 e. The highest BCUT2D eigenvalue weighted by Gasteiger charge is 2.43. The molecule has 1 aliphatic carbocycles. The van der Waals surface area contributed by atoms with Crippen LogP contribution in [0, 0.1) is 0 Å². The summed E-state index contributed by atoms with van der Waals surface area (Å²) < 4.78 is 11.8. The van der Waals surface area contributed by atoms with Crippen LogP contribution in [-0.2, 0) is 20.8 Å². The number of aromatic nitrogens is 1. The molecule has 3 atom stereocenters. The molecule has 1 amide bonds. The fourth-order valence-corrected chi connectivity index (χ4v) is 3.82. The highest BCUT2D eigenvalue weighted by atomic mass is 32.1. The van der Waals surface area contributed by atoms with Crippen molar-refractivity contribution in [3.8, 4) is 0 Å². The normalized spacial score (nSPS) is 28.5. The molecule has 6 nitrogen and oxygen atoms in total. The molecule has 3 rings (SSSR count). The Morgan fingerprint density at radius 1 is 1.55 bits per heavy atom. The van der Waals surface area contributed by atoms with Crippen molar-refractivity contribution in [3.05, 3.63) is 16.6 Å². The van der Waals surface area contributed by atoms with Gasteiger partial charge >= 0.3 is 0 Å². The third-order valence-corrected chi connectivity index (χ3v) is 5.16. The van der Waals surface area contributed by atoms with E-state index in [4.69, 9.17) is 9.47 Å². The lowest BCUT2D eigenvalue weighted by atomic mass is 10.1. The molecule has 22 heavy (non-hydrogen) atoms. The van der Waals surface area contributed by atoms with Crippen molar-refractivity contribution in [2.75, 3.05) is 33.9 Å². The van der Waals surface area contributed by atoms with Crippen molar-refractivity contribution < 1.29 is 14.3 Å². The van der Waals surface area contributed by atoms with Gasteiger partial charge in [-0.3, -0.25) is 9.69 Å². The molecule has 0 aromatic carbocycles. The van der Waals surface area contributed by atoms with E-state index in [-0.39, 0.29) is 24.7 Å². The van der Waals surface area contributed by atoms with E-state index in [0.29, 0.717) is 12.6 Å². The van der Waals surface area contributed by atoms with E-state index in [0.717, 1.165) is 30.9 Å². The SMILES string of the molecule is CN(C)C(=O)CO[C@@H]1CC[C@H]2[C@H]1OCCN2Cc1nccs1. The van der Waals surface area contributed by atoms with Crippen molar-refractivity contribution in [1.29, 1.82) is 0 Å².